The van der Waals surface area contributed by atoms with E-state index in [0.717, 1.165) is 58.9 Å². The van der Waals surface area contributed by atoms with Crippen molar-refractivity contribution in [3.05, 3.63) is 65.5 Å². The van der Waals surface area contributed by atoms with Crippen molar-refractivity contribution in [2.45, 2.75) is 37.5 Å². The molecule has 5 heteroatoms. The van der Waals surface area contributed by atoms with E-state index < -0.39 is 0 Å². The predicted octanol–water partition coefficient (Wildman–Crippen LogP) is 5.38. The van der Waals surface area contributed by atoms with Crippen molar-refractivity contribution in [1.82, 2.24) is 10.1 Å². The maximum absolute atomic E-state index is 13.4. The van der Waals surface area contributed by atoms with Crippen LogP contribution in [-0.4, -0.2) is 16.0 Å². The van der Waals surface area contributed by atoms with Gasteiger partial charge in [0.15, 0.2) is 0 Å². The number of hydrogen-bond acceptors (Lipinski definition) is 4. The lowest BCUT2D eigenvalue weighted by atomic mass is 10.0. The van der Waals surface area contributed by atoms with E-state index in [1.54, 1.807) is 0 Å². The lowest BCUT2D eigenvalue weighted by Gasteiger charge is -2.10. The normalized spacial score (nSPS) is 16.6. The summed E-state index contributed by atoms with van der Waals surface area (Å²) in [6.07, 6.45) is 4.42. The van der Waals surface area contributed by atoms with Gasteiger partial charge in [0, 0.05) is 28.6 Å². The van der Waals surface area contributed by atoms with Crippen LogP contribution in [0.4, 0.5) is 5.69 Å². The Balaban J connectivity index is 1.47. The van der Waals surface area contributed by atoms with Crippen LogP contribution in [0.25, 0.3) is 21.9 Å². The Hall–Kier alpha value is -3.21. The number of fused-ring (bicyclic) bond motifs is 2. The van der Waals surface area contributed by atoms with Crippen molar-refractivity contribution in [3.63, 3.8) is 0 Å². The number of carbonyl (C=O) groups excluding carboxylic acids is 1. The van der Waals surface area contributed by atoms with Gasteiger partial charge in [-0.05, 0) is 43.2 Å². The number of amides is 1. The number of benzene rings is 2. The van der Waals surface area contributed by atoms with Gasteiger partial charge in [0.25, 0.3) is 11.6 Å². The van der Waals surface area contributed by atoms with Crippen molar-refractivity contribution in [2.24, 2.45) is 0 Å². The van der Waals surface area contributed by atoms with Crippen LogP contribution in [0.3, 0.4) is 0 Å². The highest BCUT2D eigenvalue weighted by Gasteiger charge is 2.34. The summed E-state index contributed by atoms with van der Waals surface area (Å²) in [6.45, 7) is 0. The maximum Gasteiger partial charge on any atom is 0.259 e. The fourth-order valence-electron chi connectivity index (χ4n) is 3.92. The molecule has 2 aromatic heterocycles. The van der Waals surface area contributed by atoms with Crippen LogP contribution in [0.5, 0.6) is 0 Å². The monoisotopic (exact) mass is 369 g/mol. The molecule has 0 saturated heterocycles. The third kappa shape index (κ3) is 2.58. The van der Waals surface area contributed by atoms with Crippen LogP contribution in [-0.2, 0) is 0 Å². The first-order valence-electron chi connectivity index (χ1n) is 9.87. The van der Waals surface area contributed by atoms with E-state index in [1.807, 2.05) is 48.5 Å². The van der Waals surface area contributed by atoms with Crippen LogP contribution in [0.1, 0.15) is 59.3 Å². The Labute approximate surface area is 161 Å². The first-order valence-corrected chi connectivity index (χ1v) is 9.87. The van der Waals surface area contributed by atoms with Crippen molar-refractivity contribution in [2.75, 3.05) is 5.32 Å². The standard InChI is InChI=1S/C23H19N3O2/c27-22(24-18-7-3-5-13-4-1-2-6-16(13)18)17-12-19(14-8-9-14)25-23-20(17)21(26-28-23)15-10-11-15/h1-7,12,14-15H,8-11H2,(H,24,27). The number of pyridine rings is 1. The quantitative estimate of drug-likeness (QED) is 0.524. The molecule has 2 aromatic carbocycles. The summed E-state index contributed by atoms with van der Waals surface area (Å²) in [4.78, 5) is 18.0. The summed E-state index contributed by atoms with van der Waals surface area (Å²) < 4.78 is 5.54. The molecule has 1 N–H and O–H groups in total. The van der Waals surface area contributed by atoms with Gasteiger partial charge in [-0.15, -0.1) is 0 Å². The van der Waals surface area contributed by atoms with E-state index in [0.29, 0.717) is 23.1 Å². The molecule has 0 atom stereocenters. The van der Waals surface area contributed by atoms with Crippen LogP contribution < -0.4 is 5.32 Å². The number of nitrogens with zero attached hydrogens (tertiary/aromatic N) is 2. The summed E-state index contributed by atoms with van der Waals surface area (Å²) in [7, 11) is 0. The molecule has 2 heterocycles. The Morgan fingerprint density at radius 3 is 2.61 bits per heavy atom. The van der Waals surface area contributed by atoms with Crippen LogP contribution in [0, 0.1) is 0 Å². The zero-order chi connectivity index (χ0) is 18.7. The summed E-state index contributed by atoms with van der Waals surface area (Å²) in [5.74, 6) is 0.692. The molecule has 2 aliphatic rings. The number of nitrogens with one attached hydrogen (secondary N) is 1. The van der Waals surface area contributed by atoms with Crippen molar-refractivity contribution < 1.29 is 9.32 Å². The van der Waals surface area contributed by atoms with Crippen LogP contribution >= 0.6 is 0 Å². The predicted molar refractivity (Wildman–Crippen MR) is 108 cm³/mol. The molecule has 2 fully saturated rings. The van der Waals surface area contributed by atoms with Gasteiger partial charge in [-0.2, -0.15) is 0 Å². The average Bonchev–Trinajstić information content (AvgIpc) is 3.65. The highest BCUT2D eigenvalue weighted by molar-refractivity contribution is 6.15. The fraction of sp³-hybridized carbons (Fsp3) is 0.261. The minimum Gasteiger partial charge on any atom is -0.335 e. The minimum absolute atomic E-state index is 0.129. The molecule has 138 valence electrons. The van der Waals surface area contributed by atoms with Crippen molar-refractivity contribution in [1.29, 1.82) is 0 Å². The summed E-state index contributed by atoms with van der Waals surface area (Å²) in [5, 5.41) is 10.3. The summed E-state index contributed by atoms with van der Waals surface area (Å²) in [6, 6.07) is 16.0. The number of hydrogen-bond donors (Lipinski definition) is 1. The molecule has 4 aromatic rings. The molecule has 2 saturated carbocycles. The largest absolute Gasteiger partial charge is 0.335 e. The van der Waals surface area contributed by atoms with Gasteiger partial charge in [-0.3, -0.25) is 4.79 Å². The van der Waals surface area contributed by atoms with E-state index in [9.17, 15) is 4.79 Å². The Morgan fingerprint density at radius 1 is 1.00 bits per heavy atom. The number of anilines is 1. The molecule has 0 aliphatic heterocycles. The molecule has 0 unspecified atom stereocenters. The van der Waals surface area contributed by atoms with Gasteiger partial charge in [0.05, 0.1) is 16.6 Å². The molecular formula is C23H19N3O2. The second-order valence-electron chi connectivity index (χ2n) is 7.87. The van der Waals surface area contributed by atoms with E-state index in [-0.39, 0.29) is 5.91 Å². The molecule has 1 amide bonds. The molecular weight excluding hydrogens is 350 g/mol. The molecule has 2 aliphatic carbocycles. The number of aromatic nitrogens is 2. The van der Waals surface area contributed by atoms with Gasteiger partial charge in [-0.1, -0.05) is 41.6 Å². The van der Waals surface area contributed by atoms with Crippen LogP contribution in [0.2, 0.25) is 0 Å². The van der Waals surface area contributed by atoms with Crippen LogP contribution in [0.15, 0.2) is 53.1 Å². The Morgan fingerprint density at radius 2 is 1.79 bits per heavy atom. The van der Waals surface area contributed by atoms with E-state index in [2.05, 4.69) is 15.5 Å². The highest BCUT2D eigenvalue weighted by atomic mass is 16.5. The van der Waals surface area contributed by atoms with E-state index >= 15 is 0 Å². The summed E-state index contributed by atoms with van der Waals surface area (Å²) in [5.41, 5.74) is 3.75. The van der Waals surface area contributed by atoms with Crippen molar-refractivity contribution >= 4 is 33.5 Å². The topological polar surface area (TPSA) is 68.0 Å². The Kier molecular flexibility index (Phi) is 3.33. The third-order valence-electron chi connectivity index (χ3n) is 5.73. The SMILES string of the molecule is O=C(Nc1cccc2ccccc12)c1cc(C2CC2)nc2onc(C3CC3)c12. The lowest BCUT2D eigenvalue weighted by molar-refractivity contribution is 0.102. The molecule has 0 bridgehead atoms. The van der Waals surface area contributed by atoms with E-state index in [1.165, 1.54) is 0 Å². The third-order valence-corrected chi connectivity index (χ3v) is 5.73. The smallest absolute Gasteiger partial charge is 0.259 e. The molecule has 6 rings (SSSR count). The first-order chi connectivity index (χ1) is 13.8. The van der Waals surface area contributed by atoms with Crippen molar-refractivity contribution in [3.8, 4) is 0 Å². The van der Waals surface area contributed by atoms with Gasteiger partial charge >= 0.3 is 0 Å². The molecule has 0 spiro atoms. The minimum atomic E-state index is -0.129. The second kappa shape index (κ2) is 5.89. The van der Waals surface area contributed by atoms with Gasteiger partial charge in [0.1, 0.15) is 0 Å². The first kappa shape index (κ1) is 15.8. The number of carbonyl (C=O) groups is 1. The lowest BCUT2D eigenvalue weighted by Crippen LogP contribution is -2.14. The zero-order valence-corrected chi connectivity index (χ0v) is 15.3. The van der Waals surface area contributed by atoms with Gasteiger partial charge in [0.2, 0.25) is 0 Å². The zero-order valence-electron chi connectivity index (χ0n) is 15.3. The highest BCUT2D eigenvalue weighted by Crippen LogP contribution is 2.45. The van der Waals surface area contributed by atoms with E-state index in [4.69, 9.17) is 4.52 Å². The Bertz CT molecular complexity index is 1230. The van der Waals surface area contributed by atoms with Gasteiger partial charge < -0.3 is 9.84 Å². The molecule has 28 heavy (non-hydrogen) atoms. The average molecular weight is 369 g/mol. The fourth-order valence-corrected chi connectivity index (χ4v) is 3.92. The molecule has 0 radical (unpaired) electrons. The number of rotatable bonds is 4. The van der Waals surface area contributed by atoms with Gasteiger partial charge in [-0.25, -0.2) is 4.98 Å². The summed E-state index contributed by atoms with van der Waals surface area (Å²) >= 11 is 0. The molecule has 5 nitrogen and oxygen atoms in total. The second-order valence-corrected chi connectivity index (χ2v) is 7.87. The maximum atomic E-state index is 13.4.